The first-order valence-electron chi connectivity index (χ1n) is 6.30. The summed E-state index contributed by atoms with van der Waals surface area (Å²) < 4.78 is 0. The Morgan fingerprint density at radius 1 is 1.11 bits per heavy atom. The molecular formula is C14H18BrN3. The van der Waals surface area contributed by atoms with Gasteiger partial charge >= 0.3 is 0 Å². The lowest BCUT2D eigenvalue weighted by molar-refractivity contribution is 0.779. The summed E-state index contributed by atoms with van der Waals surface area (Å²) >= 11 is 3.50. The first-order valence-corrected chi connectivity index (χ1v) is 7.42. The van der Waals surface area contributed by atoms with Gasteiger partial charge in [0.2, 0.25) is 0 Å². The highest BCUT2D eigenvalue weighted by molar-refractivity contribution is 9.09. The number of para-hydroxylation sites is 2. The van der Waals surface area contributed by atoms with Gasteiger partial charge < -0.3 is 4.90 Å². The predicted molar refractivity (Wildman–Crippen MR) is 80.6 cm³/mol. The van der Waals surface area contributed by atoms with E-state index in [0.717, 1.165) is 47.4 Å². The van der Waals surface area contributed by atoms with Crippen LogP contribution in [0.4, 0.5) is 5.82 Å². The molecule has 96 valence electrons. The third kappa shape index (κ3) is 2.80. The van der Waals surface area contributed by atoms with Crippen molar-refractivity contribution >= 4 is 32.8 Å². The summed E-state index contributed by atoms with van der Waals surface area (Å²) in [5.74, 6) is 1.01. The van der Waals surface area contributed by atoms with Gasteiger partial charge in [0, 0.05) is 18.4 Å². The number of nitrogens with zero attached hydrogens (tertiary/aromatic N) is 3. The van der Waals surface area contributed by atoms with Gasteiger partial charge in [0.1, 0.15) is 0 Å². The van der Waals surface area contributed by atoms with Crippen molar-refractivity contribution in [3.8, 4) is 0 Å². The number of benzene rings is 1. The maximum Gasteiger partial charge on any atom is 0.150 e. The molecule has 2 aromatic rings. The van der Waals surface area contributed by atoms with Crippen molar-refractivity contribution in [3.63, 3.8) is 0 Å². The lowest BCUT2D eigenvalue weighted by Crippen LogP contribution is -2.28. The molecule has 0 aliphatic rings. The Bertz CT molecular complexity index is 521. The van der Waals surface area contributed by atoms with E-state index in [9.17, 15) is 0 Å². The van der Waals surface area contributed by atoms with Gasteiger partial charge in [-0.25, -0.2) is 9.97 Å². The number of aromatic nitrogens is 2. The molecule has 0 atom stereocenters. The summed E-state index contributed by atoms with van der Waals surface area (Å²) in [4.78, 5) is 11.7. The highest BCUT2D eigenvalue weighted by atomic mass is 79.9. The highest BCUT2D eigenvalue weighted by Crippen LogP contribution is 2.20. The molecule has 2 rings (SSSR count). The fourth-order valence-electron chi connectivity index (χ4n) is 2.07. The van der Waals surface area contributed by atoms with Crippen LogP contribution in [0.5, 0.6) is 0 Å². The smallest absolute Gasteiger partial charge is 0.150 e. The molecule has 0 saturated carbocycles. The predicted octanol–water partition coefficient (Wildman–Crippen LogP) is 3.55. The molecular weight excluding hydrogens is 290 g/mol. The van der Waals surface area contributed by atoms with Crippen molar-refractivity contribution < 1.29 is 0 Å². The lowest BCUT2D eigenvalue weighted by Gasteiger charge is -2.23. The second kappa shape index (κ2) is 6.14. The van der Waals surface area contributed by atoms with Gasteiger partial charge in [0.15, 0.2) is 5.82 Å². The lowest BCUT2D eigenvalue weighted by atomic mass is 10.2. The topological polar surface area (TPSA) is 29.0 Å². The van der Waals surface area contributed by atoms with E-state index >= 15 is 0 Å². The molecule has 0 fully saturated rings. The highest BCUT2D eigenvalue weighted by Gasteiger charge is 2.11. The molecule has 4 heteroatoms. The molecule has 1 heterocycles. The van der Waals surface area contributed by atoms with Crippen LogP contribution in [0.3, 0.4) is 0 Å². The Labute approximate surface area is 116 Å². The summed E-state index contributed by atoms with van der Waals surface area (Å²) in [5.41, 5.74) is 2.94. The van der Waals surface area contributed by atoms with Crippen LogP contribution < -0.4 is 4.90 Å². The van der Waals surface area contributed by atoms with E-state index in [1.54, 1.807) is 0 Å². The number of aryl methyl sites for hydroxylation is 1. The first-order chi connectivity index (χ1) is 8.76. The van der Waals surface area contributed by atoms with E-state index in [2.05, 4.69) is 32.7 Å². The van der Waals surface area contributed by atoms with Gasteiger partial charge in [-0.2, -0.15) is 0 Å². The van der Waals surface area contributed by atoms with E-state index in [4.69, 9.17) is 4.98 Å². The van der Waals surface area contributed by atoms with Crippen molar-refractivity contribution in [2.24, 2.45) is 0 Å². The second-order valence-electron chi connectivity index (χ2n) is 4.30. The molecule has 0 aliphatic carbocycles. The van der Waals surface area contributed by atoms with Crippen LogP contribution >= 0.6 is 15.9 Å². The Hall–Kier alpha value is -1.16. The second-order valence-corrected chi connectivity index (χ2v) is 5.09. The van der Waals surface area contributed by atoms with E-state index in [-0.39, 0.29) is 0 Å². The number of fused-ring (bicyclic) bond motifs is 1. The standard InChI is InChI=1S/C14H18BrN3/c1-3-9-18(10-8-15)14-11(2)16-12-6-4-5-7-13(12)17-14/h4-7H,3,8-10H2,1-2H3. The van der Waals surface area contributed by atoms with Crippen LogP contribution in [0.25, 0.3) is 11.0 Å². The van der Waals surface area contributed by atoms with Gasteiger partial charge in [-0.1, -0.05) is 35.0 Å². The molecule has 0 aliphatic heterocycles. The Balaban J connectivity index is 2.44. The van der Waals surface area contributed by atoms with Crippen molar-refractivity contribution in [2.75, 3.05) is 23.3 Å². The number of rotatable bonds is 5. The van der Waals surface area contributed by atoms with Crippen LogP contribution in [0.2, 0.25) is 0 Å². The molecule has 0 N–H and O–H groups in total. The van der Waals surface area contributed by atoms with Gasteiger partial charge in [0.25, 0.3) is 0 Å². The van der Waals surface area contributed by atoms with E-state index < -0.39 is 0 Å². The Kier molecular flexibility index (Phi) is 4.53. The monoisotopic (exact) mass is 307 g/mol. The zero-order chi connectivity index (χ0) is 13.0. The number of hydrogen-bond donors (Lipinski definition) is 0. The minimum Gasteiger partial charge on any atom is -0.354 e. The van der Waals surface area contributed by atoms with Crippen LogP contribution in [0.1, 0.15) is 19.0 Å². The Morgan fingerprint density at radius 3 is 2.39 bits per heavy atom. The molecule has 3 nitrogen and oxygen atoms in total. The normalized spacial score (nSPS) is 10.8. The SMILES string of the molecule is CCCN(CCBr)c1nc2ccccc2nc1C. The van der Waals surface area contributed by atoms with Gasteiger partial charge in [-0.05, 0) is 25.5 Å². The molecule has 1 aromatic carbocycles. The zero-order valence-electron chi connectivity index (χ0n) is 10.9. The molecule has 0 spiro atoms. The largest absolute Gasteiger partial charge is 0.354 e. The van der Waals surface area contributed by atoms with Gasteiger partial charge in [-0.3, -0.25) is 0 Å². The number of anilines is 1. The fourth-order valence-corrected chi connectivity index (χ4v) is 2.50. The summed E-state index contributed by atoms with van der Waals surface area (Å²) in [6.07, 6.45) is 1.11. The summed E-state index contributed by atoms with van der Waals surface area (Å²) in [6.45, 7) is 6.19. The van der Waals surface area contributed by atoms with Crippen molar-refractivity contribution in [2.45, 2.75) is 20.3 Å². The van der Waals surface area contributed by atoms with E-state index in [0.29, 0.717) is 0 Å². The third-order valence-corrected chi connectivity index (χ3v) is 3.22. The van der Waals surface area contributed by atoms with Crippen molar-refractivity contribution in [3.05, 3.63) is 30.0 Å². The zero-order valence-corrected chi connectivity index (χ0v) is 12.4. The summed E-state index contributed by atoms with van der Waals surface area (Å²) in [6, 6.07) is 8.03. The maximum atomic E-state index is 4.75. The molecule has 0 amide bonds. The average molecular weight is 308 g/mol. The first kappa shape index (κ1) is 13.3. The molecule has 18 heavy (non-hydrogen) atoms. The quantitative estimate of drug-likeness (QED) is 0.791. The number of alkyl halides is 1. The summed E-state index contributed by atoms with van der Waals surface area (Å²) in [5, 5.41) is 0.945. The van der Waals surface area contributed by atoms with Crippen molar-refractivity contribution in [1.82, 2.24) is 9.97 Å². The Morgan fingerprint density at radius 2 is 1.78 bits per heavy atom. The summed E-state index contributed by atoms with van der Waals surface area (Å²) in [7, 11) is 0. The molecule has 0 saturated heterocycles. The molecule has 0 unspecified atom stereocenters. The molecule has 0 radical (unpaired) electrons. The van der Waals surface area contributed by atoms with Crippen LogP contribution in [-0.2, 0) is 0 Å². The van der Waals surface area contributed by atoms with Crippen LogP contribution in [0, 0.1) is 6.92 Å². The third-order valence-electron chi connectivity index (χ3n) is 2.87. The maximum absolute atomic E-state index is 4.75. The van der Waals surface area contributed by atoms with Gasteiger partial charge in [-0.15, -0.1) is 0 Å². The minimum absolute atomic E-state index is 0.945. The van der Waals surface area contributed by atoms with Crippen LogP contribution in [0.15, 0.2) is 24.3 Å². The minimum atomic E-state index is 0.945. The van der Waals surface area contributed by atoms with Crippen LogP contribution in [-0.4, -0.2) is 28.4 Å². The number of halogens is 1. The fraction of sp³-hybridized carbons (Fsp3) is 0.429. The van der Waals surface area contributed by atoms with Crippen molar-refractivity contribution in [1.29, 1.82) is 0 Å². The van der Waals surface area contributed by atoms with E-state index in [1.807, 2.05) is 31.2 Å². The molecule has 0 bridgehead atoms. The number of hydrogen-bond acceptors (Lipinski definition) is 3. The molecule has 1 aromatic heterocycles. The van der Waals surface area contributed by atoms with E-state index in [1.165, 1.54) is 0 Å². The average Bonchev–Trinajstić information content (AvgIpc) is 2.38. The van der Waals surface area contributed by atoms with Gasteiger partial charge in [0.05, 0.1) is 16.7 Å².